The van der Waals surface area contributed by atoms with Gasteiger partial charge in [-0.05, 0) is 30.9 Å². The van der Waals surface area contributed by atoms with Crippen LogP contribution in [0.25, 0.3) is 0 Å². The summed E-state index contributed by atoms with van der Waals surface area (Å²) in [6.45, 7) is 0.700. The molecule has 1 fully saturated rings. The highest BCUT2D eigenvalue weighted by Gasteiger charge is 2.31. The van der Waals surface area contributed by atoms with Crippen LogP contribution < -0.4 is 0 Å². The van der Waals surface area contributed by atoms with E-state index in [1.165, 1.54) is 4.90 Å². The highest BCUT2D eigenvalue weighted by molar-refractivity contribution is 5.91. The summed E-state index contributed by atoms with van der Waals surface area (Å²) in [5, 5.41) is 9.80. The minimum atomic E-state index is -0.424. The van der Waals surface area contributed by atoms with Crippen LogP contribution in [0.5, 0.6) is 0 Å². The quantitative estimate of drug-likeness (QED) is 0.829. The topological polar surface area (TPSA) is 62.9 Å². The van der Waals surface area contributed by atoms with Crippen molar-refractivity contribution >= 4 is 5.91 Å². The largest absolute Gasteiger partial charge is 0.453 e. The van der Waals surface area contributed by atoms with Gasteiger partial charge in [-0.25, -0.2) is 0 Å². The molecule has 0 aromatic carbocycles. The monoisotopic (exact) mass is 253 g/mol. The number of amides is 1. The van der Waals surface area contributed by atoms with Crippen molar-refractivity contribution in [2.75, 3.05) is 20.7 Å². The molecule has 0 saturated heterocycles. The Morgan fingerprint density at radius 1 is 1.61 bits per heavy atom. The minimum absolute atomic E-state index is 0.211. The number of carbonyl (C=O) groups excluding carboxylic acids is 1. The Bertz CT molecular complexity index is 411. The van der Waals surface area contributed by atoms with Gasteiger partial charge in [0.15, 0.2) is 5.76 Å². The highest BCUT2D eigenvalue weighted by Crippen LogP contribution is 2.32. The van der Waals surface area contributed by atoms with Gasteiger partial charge < -0.3 is 19.2 Å². The first-order chi connectivity index (χ1) is 8.61. The maximum Gasteiger partial charge on any atom is 0.289 e. The molecule has 1 aromatic rings. The van der Waals surface area contributed by atoms with Crippen LogP contribution in [-0.2, 0) is 11.3 Å². The van der Waals surface area contributed by atoms with Gasteiger partial charge in [-0.3, -0.25) is 4.79 Å². The normalized spacial score (nSPS) is 16.6. The van der Waals surface area contributed by atoms with Crippen LogP contribution >= 0.6 is 0 Å². The number of hydrogen-bond donors (Lipinski definition) is 1. The molecule has 1 unspecified atom stereocenters. The summed E-state index contributed by atoms with van der Waals surface area (Å²) >= 11 is 0. The molecule has 2 rings (SSSR count). The molecular formula is C13H19NO4. The zero-order valence-corrected chi connectivity index (χ0v) is 10.8. The Morgan fingerprint density at radius 2 is 2.33 bits per heavy atom. The average molecular weight is 253 g/mol. The van der Waals surface area contributed by atoms with Gasteiger partial charge in [0.1, 0.15) is 12.4 Å². The summed E-state index contributed by atoms with van der Waals surface area (Å²) in [4.78, 5) is 13.5. The van der Waals surface area contributed by atoms with E-state index in [1.807, 2.05) is 0 Å². The molecule has 0 aliphatic heterocycles. The molecule has 1 amide bonds. The predicted molar refractivity (Wildman–Crippen MR) is 65.1 cm³/mol. The zero-order valence-electron chi connectivity index (χ0n) is 10.8. The Balaban J connectivity index is 1.91. The first-order valence-electron chi connectivity index (χ1n) is 6.13. The van der Waals surface area contributed by atoms with Crippen molar-refractivity contribution in [1.29, 1.82) is 0 Å². The van der Waals surface area contributed by atoms with Crippen LogP contribution in [0.15, 0.2) is 16.5 Å². The second-order valence-corrected chi connectivity index (χ2v) is 4.79. The smallest absolute Gasteiger partial charge is 0.289 e. The number of carbonyl (C=O) groups is 1. The van der Waals surface area contributed by atoms with Crippen molar-refractivity contribution in [3.63, 3.8) is 0 Å². The van der Waals surface area contributed by atoms with Crippen molar-refractivity contribution in [3.05, 3.63) is 23.7 Å². The Kier molecular flexibility index (Phi) is 4.04. The summed E-state index contributed by atoms with van der Waals surface area (Å²) in [5.41, 5.74) is 0. The first-order valence-corrected chi connectivity index (χ1v) is 6.13. The van der Waals surface area contributed by atoms with Crippen LogP contribution in [0.2, 0.25) is 0 Å². The molecule has 1 aromatic heterocycles. The molecule has 100 valence electrons. The van der Waals surface area contributed by atoms with E-state index in [-0.39, 0.29) is 11.7 Å². The number of aliphatic hydroxyl groups excluding tert-OH is 1. The van der Waals surface area contributed by atoms with Gasteiger partial charge in [-0.1, -0.05) is 0 Å². The summed E-state index contributed by atoms with van der Waals surface area (Å²) in [6.07, 6.45) is 1.69. The van der Waals surface area contributed by atoms with Crippen molar-refractivity contribution in [1.82, 2.24) is 4.90 Å². The number of aliphatic hydroxyl groups is 1. The van der Waals surface area contributed by atoms with Gasteiger partial charge in [0.05, 0.1) is 6.10 Å². The Labute approximate surface area is 106 Å². The zero-order chi connectivity index (χ0) is 13.1. The molecule has 1 aliphatic carbocycles. The maximum absolute atomic E-state index is 12.0. The first kappa shape index (κ1) is 13.1. The lowest BCUT2D eigenvalue weighted by Gasteiger charge is -2.19. The average Bonchev–Trinajstić information content (AvgIpc) is 3.10. The molecule has 0 spiro atoms. The van der Waals surface area contributed by atoms with Crippen LogP contribution in [-0.4, -0.2) is 42.7 Å². The van der Waals surface area contributed by atoms with Crippen LogP contribution in [0.1, 0.15) is 29.2 Å². The van der Waals surface area contributed by atoms with Gasteiger partial charge in [0, 0.05) is 20.7 Å². The minimum Gasteiger partial charge on any atom is -0.453 e. The maximum atomic E-state index is 12.0. The van der Waals surface area contributed by atoms with E-state index < -0.39 is 6.10 Å². The summed E-state index contributed by atoms with van der Waals surface area (Å²) < 4.78 is 10.3. The van der Waals surface area contributed by atoms with E-state index in [0.29, 0.717) is 24.8 Å². The van der Waals surface area contributed by atoms with E-state index in [9.17, 15) is 9.90 Å². The van der Waals surface area contributed by atoms with E-state index in [4.69, 9.17) is 9.15 Å². The van der Waals surface area contributed by atoms with Gasteiger partial charge in [-0.2, -0.15) is 0 Å². The molecular weight excluding hydrogens is 234 g/mol. The molecule has 0 radical (unpaired) electrons. The highest BCUT2D eigenvalue weighted by atomic mass is 16.5. The van der Waals surface area contributed by atoms with Crippen molar-refractivity contribution in [3.8, 4) is 0 Å². The van der Waals surface area contributed by atoms with Crippen molar-refractivity contribution in [2.24, 2.45) is 5.92 Å². The number of hydrogen-bond acceptors (Lipinski definition) is 4. The fourth-order valence-electron chi connectivity index (χ4n) is 1.89. The van der Waals surface area contributed by atoms with Crippen LogP contribution in [0.4, 0.5) is 0 Å². The van der Waals surface area contributed by atoms with Crippen molar-refractivity contribution < 1.29 is 19.1 Å². The number of ether oxygens (including phenoxy) is 1. The SMILES string of the molecule is COCc1ccc(C(=O)N(C)CC(O)C2CC2)o1. The van der Waals surface area contributed by atoms with Gasteiger partial charge >= 0.3 is 0 Å². The van der Waals surface area contributed by atoms with Gasteiger partial charge in [0.25, 0.3) is 5.91 Å². The predicted octanol–water partition coefficient (Wildman–Crippen LogP) is 1.27. The lowest BCUT2D eigenvalue weighted by atomic mass is 10.2. The van der Waals surface area contributed by atoms with Crippen molar-refractivity contribution in [2.45, 2.75) is 25.6 Å². The van der Waals surface area contributed by atoms with Crippen LogP contribution in [0.3, 0.4) is 0 Å². The standard InChI is InChI=1S/C13H19NO4/c1-14(7-11(15)9-3-4-9)13(16)12-6-5-10(18-12)8-17-2/h5-6,9,11,15H,3-4,7-8H2,1-2H3. The third-order valence-electron chi connectivity index (χ3n) is 3.13. The summed E-state index contributed by atoms with van der Waals surface area (Å²) in [7, 11) is 3.24. The number of rotatable bonds is 6. The molecule has 5 nitrogen and oxygen atoms in total. The van der Waals surface area contributed by atoms with E-state index >= 15 is 0 Å². The Hall–Kier alpha value is -1.33. The second kappa shape index (κ2) is 5.54. The fraction of sp³-hybridized carbons (Fsp3) is 0.615. The van der Waals surface area contributed by atoms with E-state index in [0.717, 1.165) is 12.8 Å². The van der Waals surface area contributed by atoms with E-state index in [2.05, 4.69) is 0 Å². The third-order valence-corrected chi connectivity index (χ3v) is 3.13. The second-order valence-electron chi connectivity index (χ2n) is 4.79. The molecule has 0 bridgehead atoms. The number of likely N-dealkylation sites (N-methyl/N-ethyl adjacent to an activating group) is 1. The van der Waals surface area contributed by atoms with Gasteiger partial charge in [-0.15, -0.1) is 0 Å². The fourth-order valence-corrected chi connectivity index (χ4v) is 1.89. The third kappa shape index (κ3) is 3.11. The number of methoxy groups -OCH3 is 1. The number of furan rings is 1. The molecule has 1 atom stereocenters. The summed E-state index contributed by atoms with van der Waals surface area (Å²) in [5.74, 6) is 1.06. The van der Waals surface area contributed by atoms with Crippen LogP contribution in [0, 0.1) is 5.92 Å². The molecule has 1 heterocycles. The number of nitrogens with zero attached hydrogens (tertiary/aromatic N) is 1. The molecule has 1 saturated carbocycles. The summed E-state index contributed by atoms with van der Waals surface area (Å²) in [6, 6.07) is 3.36. The lowest BCUT2D eigenvalue weighted by Crippen LogP contribution is -2.35. The molecule has 1 aliphatic rings. The lowest BCUT2D eigenvalue weighted by molar-refractivity contribution is 0.0612. The molecule has 18 heavy (non-hydrogen) atoms. The Morgan fingerprint density at radius 3 is 2.94 bits per heavy atom. The van der Waals surface area contributed by atoms with Gasteiger partial charge in [0.2, 0.25) is 0 Å². The van der Waals surface area contributed by atoms with E-state index in [1.54, 1.807) is 26.3 Å². The molecule has 5 heteroatoms. The molecule has 1 N–H and O–H groups in total.